The Kier molecular flexibility index (Phi) is 3.69. The molecule has 0 aliphatic heterocycles. The summed E-state index contributed by atoms with van der Waals surface area (Å²) < 4.78 is 0. The molecule has 0 unspecified atom stereocenters. The van der Waals surface area contributed by atoms with E-state index >= 15 is 0 Å². The Morgan fingerprint density at radius 3 is 2.56 bits per heavy atom. The van der Waals surface area contributed by atoms with Crippen LogP contribution in [0, 0.1) is 0 Å². The van der Waals surface area contributed by atoms with Gasteiger partial charge in [-0.1, -0.05) is 6.92 Å². The van der Waals surface area contributed by atoms with Crippen LogP contribution in [-0.2, 0) is 0 Å². The van der Waals surface area contributed by atoms with Crippen LogP contribution in [0.3, 0.4) is 0 Å². The first-order valence-corrected chi connectivity index (χ1v) is 5.81. The maximum atomic E-state index is 9.37. The Labute approximate surface area is 105 Å². The average molecular weight is 248 g/mol. The lowest BCUT2D eigenvalue weighted by Gasteiger charge is -2.30. The third-order valence-corrected chi connectivity index (χ3v) is 3.01. The highest BCUT2D eigenvalue weighted by Crippen LogP contribution is 2.18. The second-order valence-corrected chi connectivity index (χ2v) is 4.17. The summed E-state index contributed by atoms with van der Waals surface area (Å²) in [6, 6.07) is 3.56. The molecule has 0 saturated carbocycles. The van der Waals surface area contributed by atoms with Crippen molar-refractivity contribution >= 4 is 17.0 Å². The van der Waals surface area contributed by atoms with E-state index in [4.69, 9.17) is 0 Å². The number of fused-ring (bicyclic) bond motifs is 1. The van der Waals surface area contributed by atoms with Crippen LogP contribution in [0.1, 0.15) is 13.3 Å². The number of pyridine rings is 1. The van der Waals surface area contributed by atoms with E-state index in [9.17, 15) is 10.2 Å². The lowest BCUT2D eigenvalue weighted by Crippen LogP contribution is -2.45. The minimum absolute atomic E-state index is 0.166. The van der Waals surface area contributed by atoms with E-state index in [0.717, 1.165) is 0 Å². The molecule has 3 N–H and O–H groups in total. The van der Waals surface area contributed by atoms with Gasteiger partial charge in [0.15, 0.2) is 5.65 Å². The molecule has 0 spiro atoms. The predicted molar refractivity (Wildman–Crippen MR) is 68.1 cm³/mol. The van der Waals surface area contributed by atoms with Crippen LogP contribution in [0.5, 0.6) is 0 Å². The standard InChI is InChI=1S/C12H16N4O2/c1-2-12(7-17,8-18)16-10-4-3-9-11(15-10)14-6-5-13-9/h3-6,17-18H,2,7-8H2,1H3,(H,14,15,16). The van der Waals surface area contributed by atoms with Gasteiger partial charge >= 0.3 is 0 Å². The fourth-order valence-corrected chi connectivity index (χ4v) is 1.64. The Morgan fingerprint density at radius 1 is 1.17 bits per heavy atom. The van der Waals surface area contributed by atoms with E-state index in [-0.39, 0.29) is 13.2 Å². The predicted octanol–water partition coefficient (Wildman–Crippen LogP) is 0.570. The van der Waals surface area contributed by atoms with E-state index in [1.54, 1.807) is 24.5 Å². The molecule has 0 amide bonds. The number of nitrogens with zero attached hydrogens (tertiary/aromatic N) is 3. The average Bonchev–Trinajstić information content (AvgIpc) is 2.45. The summed E-state index contributed by atoms with van der Waals surface area (Å²) in [6.07, 6.45) is 3.76. The summed E-state index contributed by atoms with van der Waals surface area (Å²) in [5, 5.41) is 21.8. The molecule has 0 saturated heterocycles. The topological polar surface area (TPSA) is 91.2 Å². The fraction of sp³-hybridized carbons (Fsp3) is 0.417. The van der Waals surface area contributed by atoms with Crippen molar-refractivity contribution in [1.82, 2.24) is 15.0 Å². The van der Waals surface area contributed by atoms with Gasteiger partial charge in [0.1, 0.15) is 11.3 Å². The van der Waals surface area contributed by atoms with Gasteiger partial charge in [0.2, 0.25) is 0 Å². The van der Waals surface area contributed by atoms with E-state index < -0.39 is 5.54 Å². The van der Waals surface area contributed by atoms with Crippen LogP contribution in [0.25, 0.3) is 11.2 Å². The van der Waals surface area contributed by atoms with Crippen molar-refractivity contribution in [3.05, 3.63) is 24.5 Å². The summed E-state index contributed by atoms with van der Waals surface area (Å²) in [7, 11) is 0. The van der Waals surface area contributed by atoms with Crippen LogP contribution < -0.4 is 5.32 Å². The van der Waals surface area contributed by atoms with Crippen LogP contribution in [0.15, 0.2) is 24.5 Å². The van der Waals surface area contributed by atoms with E-state index in [0.29, 0.717) is 23.4 Å². The van der Waals surface area contributed by atoms with Gasteiger partial charge in [-0.2, -0.15) is 0 Å². The van der Waals surface area contributed by atoms with E-state index in [2.05, 4.69) is 20.3 Å². The number of anilines is 1. The van der Waals surface area contributed by atoms with E-state index in [1.807, 2.05) is 6.92 Å². The summed E-state index contributed by atoms with van der Waals surface area (Å²) >= 11 is 0. The molecule has 2 aromatic rings. The minimum atomic E-state index is -0.761. The first-order valence-electron chi connectivity index (χ1n) is 5.81. The molecule has 6 nitrogen and oxygen atoms in total. The van der Waals surface area contributed by atoms with Gasteiger partial charge in [0.25, 0.3) is 0 Å². The first kappa shape index (κ1) is 12.7. The summed E-state index contributed by atoms with van der Waals surface area (Å²) in [5.74, 6) is 0.563. The summed E-state index contributed by atoms with van der Waals surface area (Å²) in [6.45, 7) is 1.56. The molecular formula is C12H16N4O2. The zero-order chi connectivity index (χ0) is 13.0. The summed E-state index contributed by atoms with van der Waals surface area (Å²) in [4.78, 5) is 12.5. The van der Waals surface area contributed by atoms with Gasteiger partial charge < -0.3 is 15.5 Å². The molecule has 18 heavy (non-hydrogen) atoms. The fourth-order valence-electron chi connectivity index (χ4n) is 1.64. The molecule has 0 atom stereocenters. The lowest BCUT2D eigenvalue weighted by atomic mass is 9.98. The van der Waals surface area contributed by atoms with Crippen molar-refractivity contribution in [2.45, 2.75) is 18.9 Å². The number of aliphatic hydroxyl groups is 2. The zero-order valence-electron chi connectivity index (χ0n) is 10.2. The Balaban J connectivity index is 2.31. The maximum Gasteiger partial charge on any atom is 0.180 e. The number of aliphatic hydroxyl groups excluding tert-OH is 2. The van der Waals surface area contributed by atoms with Crippen LogP contribution in [0.2, 0.25) is 0 Å². The third kappa shape index (κ3) is 2.39. The number of hydrogen-bond donors (Lipinski definition) is 3. The molecule has 2 aromatic heterocycles. The molecule has 0 aliphatic rings. The largest absolute Gasteiger partial charge is 0.394 e. The summed E-state index contributed by atoms with van der Waals surface area (Å²) in [5.41, 5.74) is 0.476. The Bertz CT molecular complexity index is 520. The number of rotatable bonds is 5. The number of nitrogens with one attached hydrogen (secondary N) is 1. The number of aromatic nitrogens is 3. The second-order valence-electron chi connectivity index (χ2n) is 4.17. The maximum absolute atomic E-state index is 9.37. The van der Waals surface area contributed by atoms with Crippen molar-refractivity contribution in [1.29, 1.82) is 0 Å². The molecule has 2 rings (SSSR count). The van der Waals surface area contributed by atoms with Crippen molar-refractivity contribution in [2.24, 2.45) is 0 Å². The van der Waals surface area contributed by atoms with Gasteiger partial charge in [-0.25, -0.2) is 9.97 Å². The van der Waals surface area contributed by atoms with Gasteiger partial charge in [0, 0.05) is 12.4 Å². The van der Waals surface area contributed by atoms with Gasteiger partial charge in [-0.05, 0) is 18.6 Å². The van der Waals surface area contributed by atoms with Gasteiger partial charge in [-0.15, -0.1) is 0 Å². The smallest absolute Gasteiger partial charge is 0.180 e. The molecule has 6 heteroatoms. The highest BCUT2D eigenvalue weighted by Gasteiger charge is 2.26. The highest BCUT2D eigenvalue weighted by molar-refractivity contribution is 5.71. The van der Waals surface area contributed by atoms with Crippen LogP contribution >= 0.6 is 0 Å². The highest BCUT2D eigenvalue weighted by atomic mass is 16.3. The molecule has 0 radical (unpaired) electrons. The van der Waals surface area contributed by atoms with Gasteiger partial charge in [-0.3, -0.25) is 4.98 Å². The Morgan fingerprint density at radius 2 is 1.89 bits per heavy atom. The van der Waals surface area contributed by atoms with Gasteiger partial charge in [0.05, 0.1) is 18.8 Å². The molecule has 0 aliphatic carbocycles. The third-order valence-electron chi connectivity index (χ3n) is 3.01. The van der Waals surface area contributed by atoms with Crippen molar-refractivity contribution < 1.29 is 10.2 Å². The Hall–Kier alpha value is -1.79. The monoisotopic (exact) mass is 248 g/mol. The molecule has 0 fully saturated rings. The lowest BCUT2D eigenvalue weighted by molar-refractivity contribution is 0.132. The van der Waals surface area contributed by atoms with Crippen molar-refractivity contribution in [3.8, 4) is 0 Å². The number of hydrogen-bond acceptors (Lipinski definition) is 6. The van der Waals surface area contributed by atoms with Crippen LogP contribution in [0.4, 0.5) is 5.82 Å². The SMILES string of the molecule is CCC(CO)(CO)Nc1ccc2nccnc2n1. The minimum Gasteiger partial charge on any atom is -0.394 e. The van der Waals surface area contributed by atoms with Crippen LogP contribution in [-0.4, -0.2) is 43.9 Å². The first-order chi connectivity index (χ1) is 8.73. The second kappa shape index (κ2) is 5.24. The van der Waals surface area contributed by atoms with Crippen molar-refractivity contribution in [2.75, 3.05) is 18.5 Å². The molecule has 0 bridgehead atoms. The molecule has 0 aromatic carbocycles. The van der Waals surface area contributed by atoms with E-state index in [1.165, 1.54) is 0 Å². The van der Waals surface area contributed by atoms with Crippen molar-refractivity contribution in [3.63, 3.8) is 0 Å². The molecule has 96 valence electrons. The normalized spacial score (nSPS) is 11.7. The zero-order valence-corrected chi connectivity index (χ0v) is 10.2. The molecular weight excluding hydrogens is 232 g/mol. The molecule has 2 heterocycles. The quantitative estimate of drug-likeness (QED) is 0.716.